The third kappa shape index (κ3) is 4.22. The first-order chi connectivity index (χ1) is 15.8. The number of benzene rings is 2. The lowest BCUT2D eigenvalue weighted by atomic mass is 10.0. The molecule has 1 aliphatic rings. The molecule has 0 saturated heterocycles. The third-order valence-electron chi connectivity index (χ3n) is 5.11. The Morgan fingerprint density at radius 2 is 1.58 bits per heavy atom. The van der Waals surface area contributed by atoms with Gasteiger partial charge in [0.25, 0.3) is 11.6 Å². The number of ether oxygens (including phenoxy) is 4. The van der Waals surface area contributed by atoms with Crippen LogP contribution in [-0.2, 0) is 14.3 Å². The van der Waals surface area contributed by atoms with E-state index in [2.05, 4.69) is 0 Å². The van der Waals surface area contributed by atoms with Gasteiger partial charge < -0.3 is 18.9 Å². The van der Waals surface area contributed by atoms with E-state index < -0.39 is 16.8 Å². The fraction of sp³-hybridized carbons (Fsp3) is 0.217. The second kappa shape index (κ2) is 9.43. The van der Waals surface area contributed by atoms with Crippen LogP contribution >= 0.6 is 0 Å². The Bertz CT molecular complexity index is 1160. The smallest absolute Gasteiger partial charge is 0.340 e. The van der Waals surface area contributed by atoms with Crippen molar-refractivity contribution in [2.75, 3.05) is 33.3 Å². The number of nitro groups is 1. The largest absolute Gasteiger partial charge is 0.493 e. The van der Waals surface area contributed by atoms with Gasteiger partial charge in [0, 0.05) is 23.5 Å². The number of carbonyl (C=O) groups is 2. The minimum absolute atomic E-state index is 0.0783. The van der Waals surface area contributed by atoms with Gasteiger partial charge in [-0.05, 0) is 42.8 Å². The van der Waals surface area contributed by atoms with Crippen molar-refractivity contribution in [1.29, 1.82) is 0 Å². The van der Waals surface area contributed by atoms with Crippen LogP contribution in [0.4, 0.5) is 11.4 Å². The lowest BCUT2D eigenvalue weighted by molar-refractivity contribution is -0.384. The SMILES string of the molecule is COC(=O)C1=C(C)N(c2ccc([N+](=O)[O-])cc2)C(=O)/C1=C\c1cc(OC)c(OC)c(OC)c1. The molecule has 0 N–H and O–H groups in total. The summed E-state index contributed by atoms with van der Waals surface area (Å²) < 4.78 is 20.9. The summed E-state index contributed by atoms with van der Waals surface area (Å²) in [5, 5.41) is 11.0. The molecule has 172 valence electrons. The molecule has 33 heavy (non-hydrogen) atoms. The number of rotatable bonds is 7. The van der Waals surface area contributed by atoms with E-state index in [1.807, 2.05) is 0 Å². The molecule has 0 atom stereocenters. The van der Waals surface area contributed by atoms with E-state index >= 15 is 0 Å². The van der Waals surface area contributed by atoms with E-state index in [1.165, 1.54) is 63.7 Å². The van der Waals surface area contributed by atoms with Gasteiger partial charge in [-0.3, -0.25) is 19.8 Å². The molecule has 0 aromatic heterocycles. The van der Waals surface area contributed by atoms with Crippen LogP contribution in [0.1, 0.15) is 12.5 Å². The van der Waals surface area contributed by atoms with Crippen molar-refractivity contribution >= 4 is 29.3 Å². The molecule has 0 unspecified atom stereocenters. The molecule has 1 amide bonds. The molecule has 10 nitrogen and oxygen atoms in total. The van der Waals surface area contributed by atoms with Crippen LogP contribution in [-0.4, -0.2) is 45.2 Å². The summed E-state index contributed by atoms with van der Waals surface area (Å²) in [6.45, 7) is 1.60. The lowest BCUT2D eigenvalue weighted by Gasteiger charge is -2.17. The maximum atomic E-state index is 13.4. The molecule has 3 rings (SSSR count). The van der Waals surface area contributed by atoms with Crippen molar-refractivity contribution in [3.05, 3.63) is 68.9 Å². The number of nitro benzene ring substituents is 1. The summed E-state index contributed by atoms with van der Waals surface area (Å²) >= 11 is 0. The standard InChI is InChI=1S/C23H22N2O8/c1-13-20(23(27)33-5)17(10-14-11-18(30-2)21(32-4)19(12-14)31-3)22(26)24(13)15-6-8-16(9-7-15)25(28)29/h6-12H,1-5H3/b17-10-. The molecule has 0 aliphatic carbocycles. The van der Waals surface area contributed by atoms with Crippen molar-refractivity contribution < 1.29 is 33.5 Å². The van der Waals surface area contributed by atoms with Gasteiger partial charge in [-0.2, -0.15) is 0 Å². The summed E-state index contributed by atoms with van der Waals surface area (Å²) in [5.41, 5.74) is 1.28. The maximum Gasteiger partial charge on any atom is 0.340 e. The monoisotopic (exact) mass is 454 g/mol. The molecular weight excluding hydrogens is 432 g/mol. The summed E-state index contributed by atoms with van der Waals surface area (Å²) in [4.78, 5) is 37.7. The van der Waals surface area contributed by atoms with E-state index in [4.69, 9.17) is 18.9 Å². The molecule has 1 aliphatic heterocycles. The molecule has 0 bridgehead atoms. The molecule has 0 fully saturated rings. The summed E-state index contributed by atoms with van der Waals surface area (Å²) in [6.07, 6.45) is 1.52. The van der Waals surface area contributed by atoms with Gasteiger partial charge in [-0.25, -0.2) is 4.79 Å². The Hall–Kier alpha value is -4.34. The highest BCUT2D eigenvalue weighted by atomic mass is 16.6. The fourth-order valence-corrected chi connectivity index (χ4v) is 3.57. The van der Waals surface area contributed by atoms with Crippen molar-refractivity contribution in [2.24, 2.45) is 0 Å². The van der Waals surface area contributed by atoms with Crippen LogP contribution in [0.15, 0.2) is 53.2 Å². The number of nitrogens with zero attached hydrogens (tertiary/aromatic N) is 2. The zero-order valence-corrected chi connectivity index (χ0v) is 18.7. The second-order valence-electron chi connectivity index (χ2n) is 6.88. The van der Waals surface area contributed by atoms with Crippen LogP contribution in [0.25, 0.3) is 6.08 Å². The number of allylic oxidation sites excluding steroid dienone is 1. The molecule has 0 spiro atoms. The van der Waals surface area contributed by atoms with Crippen LogP contribution in [0.3, 0.4) is 0 Å². The Kier molecular flexibility index (Phi) is 6.67. The van der Waals surface area contributed by atoms with Crippen LogP contribution < -0.4 is 19.1 Å². The van der Waals surface area contributed by atoms with Gasteiger partial charge in [-0.1, -0.05) is 0 Å². The van der Waals surface area contributed by atoms with E-state index in [1.54, 1.807) is 19.1 Å². The lowest BCUT2D eigenvalue weighted by Crippen LogP contribution is -2.24. The highest BCUT2D eigenvalue weighted by molar-refractivity contribution is 6.23. The van der Waals surface area contributed by atoms with Gasteiger partial charge in [0.05, 0.1) is 44.5 Å². The normalized spacial score (nSPS) is 14.5. The highest BCUT2D eigenvalue weighted by Crippen LogP contribution is 2.40. The topological polar surface area (TPSA) is 117 Å². The van der Waals surface area contributed by atoms with Crippen LogP contribution in [0, 0.1) is 10.1 Å². The number of esters is 1. The van der Waals surface area contributed by atoms with Gasteiger partial charge in [0.15, 0.2) is 11.5 Å². The minimum Gasteiger partial charge on any atom is -0.493 e. The van der Waals surface area contributed by atoms with Gasteiger partial charge in [0.1, 0.15) is 0 Å². The average Bonchev–Trinajstić information content (AvgIpc) is 3.06. The Morgan fingerprint density at radius 1 is 1.00 bits per heavy atom. The Balaban J connectivity index is 2.15. The van der Waals surface area contributed by atoms with Crippen molar-refractivity contribution in [3.63, 3.8) is 0 Å². The quantitative estimate of drug-likeness (QED) is 0.270. The Labute approximate surface area is 189 Å². The molecule has 2 aromatic rings. The van der Waals surface area contributed by atoms with E-state index in [0.29, 0.717) is 34.2 Å². The van der Waals surface area contributed by atoms with E-state index in [9.17, 15) is 19.7 Å². The predicted molar refractivity (Wildman–Crippen MR) is 119 cm³/mol. The molecule has 1 heterocycles. The van der Waals surface area contributed by atoms with Crippen LogP contribution in [0.5, 0.6) is 17.2 Å². The van der Waals surface area contributed by atoms with Crippen molar-refractivity contribution in [1.82, 2.24) is 0 Å². The average molecular weight is 454 g/mol. The van der Waals surface area contributed by atoms with Crippen LogP contribution in [0.2, 0.25) is 0 Å². The molecule has 10 heteroatoms. The third-order valence-corrected chi connectivity index (χ3v) is 5.11. The summed E-state index contributed by atoms with van der Waals surface area (Å²) in [7, 11) is 5.63. The first-order valence-electron chi connectivity index (χ1n) is 9.67. The first kappa shape index (κ1) is 23.3. The number of hydrogen-bond donors (Lipinski definition) is 0. The number of hydrogen-bond acceptors (Lipinski definition) is 8. The summed E-state index contributed by atoms with van der Waals surface area (Å²) in [5.74, 6) is -0.0461. The van der Waals surface area contributed by atoms with E-state index in [-0.39, 0.29) is 16.8 Å². The number of methoxy groups -OCH3 is 4. The highest BCUT2D eigenvalue weighted by Gasteiger charge is 2.38. The molecule has 2 aromatic carbocycles. The predicted octanol–water partition coefficient (Wildman–Crippen LogP) is 3.50. The molecule has 0 saturated carbocycles. The van der Waals surface area contributed by atoms with Gasteiger partial charge in [-0.15, -0.1) is 0 Å². The number of amides is 1. The zero-order valence-electron chi connectivity index (χ0n) is 18.7. The van der Waals surface area contributed by atoms with E-state index in [0.717, 1.165) is 0 Å². The number of non-ortho nitro benzene ring substituents is 1. The zero-order chi connectivity index (χ0) is 24.3. The fourth-order valence-electron chi connectivity index (χ4n) is 3.57. The van der Waals surface area contributed by atoms with Gasteiger partial charge in [0.2, 0.25) is 5.75 Å². The molecular formula is C23H22N2O8. The van der Waals surface area contributed by atoms with Crippen molar-refractivity contribution in [2.45, 2.75) is 6.92 Å². The van der Waals surface area contributed by atoms with Gasteiger partial charge >= 0.3 is 5.97 Å². The summed E-state index contributed by atoms with van der Waals surface area (Å²) in [6, 6.07) is 8.73. The maximum absolute atomic E-state index is 13.4. The Morgan fingerprint density at radius 3 is 2.03 bits per heavy atom. The minimum atomic E-state index is -0.691. The molecule has 0 radical (unpaired) electrons. The van der Waals surface area contributed by atoms with Crippen molar-refractivity contribution in [3.8, 4) is 17.2 Å². The number of carbonyl (C=O) groups excluding carboxylic acids is 2. The second-order valence-corrected chi connectivity index (χ2v) is 6.88. The number of anilines is 1. The first-order valence-corrected chi connectivity index (χ1v) is 9.67.